The number of nitrogens with zero attached hydrogens (tertiary/aromatic N) is 1. The zero-order valence-corrected chi connectivity index (χ0v) is 12.7. The number of hydrogen-bond donors (Lipinski definition) is 2. The number of carbonyl (C=O) groups is 1. The van der Waals surface area contributed by atoms with Crippen LogP contribution in [-0.2, 0) is 0 Å². The van der Waals surface area contributed by atoms with Gasteiger partial charge in [0, 0.05) is 16.7 Å². The van der Waals surface area contributed by atoms with Crippen molar-refractivity contribution in [1.29, 1.82) is 0 Å². The molecule has 0 spiro atoms. The second-order valence-electron chi connectivity index (χ2n) is 3.95. The number of thiophene rings is 1. The van der Waals surface area contributed by atoms with Crippen LogP contribution in [0.2, 0.25) is 5.02 Å². The number of carbonyl (C=O) groups excluding carboxylic acids is 1. The quantitative estimate of drug-likeness (QED) is 0.655. The molecule has 0 saturated heterocycles. The van der Waals surface area contributed by atoms with Gasteiger partial charge in [0.2, 0.25) is 0 Å². The van der Waals surface area contributed by atoms with Gasteiger partial charge in [0.1, 0.15) is 0 Å². The SMILES string of the molecule is CCOc1cc(Cl)cc(C=NNC(=O)c2cccs2)c1O. The van der Waals surface area contributed by atoms with E-state index in [2.05, 4.69) is 10.5 Å². The van der Waals surface area contributed by atoms with Crippen molar-refractivity contribution in [2.45, 2.75) is 6.92 Å². The number of rotatable bonds is 5. The van der Waals surface area contributed by atoms with Crippen molar-refractivity contribution in [3.63, 3.8) is 0 Å². The summed E-state index contributed by atoms with van der Waals surface area (Å²) < 4.78 is 5.26. The Hall–Kier alpha value is -2.05. The van der Waals surface area contributed by atoms with Gasteiger partial charge in [0.25, 0.3) is 5.91 Å². The van der Waals surface area contributed by atoms with Crippen molar-refractivity contribution in [1.82, 2.24) is 5.43 Å². The lowest BCUT2D eigenvalue weighted by atomic mass is 10.2. The van der Waals surface area contributed by atoms with E-state index in [0.717, 1.165) is 0 Å². The highest BCUT2D eigenvalue weighted by Gasteiger charge is 2.09. The van der Waals surface area contributed by atoms with Crippen LogP contribution in [0.3, 0.4) is 0 Å². The van der Waals surface area contributed by atoms with Gasteiger partial charge in [-0.3, -0.25) is 4.79 Å². The molecule has 0 aliphatic heterocycles. The Morgan fingerprint density at radius 3 is 3.05 bits per heavy atom. The van der Waals surface area contributed by atoms with Crippen molar-refractivity contribution in [3.05, 3.63) is 45.1 Å². The third-order valence-corrected chi connectivity index (χ3v) is 3.57. The number of amides is 1. The molecule has 1 aromatic carbocycles. The molecule has 2 aromatic rings. The van der Waals surface area contributed by atoms with Gasteiger partial charge in [-0.1, -0.05) is 17.7 Å². The van der Waals surface area contributed by atoms with Crippen molar-refractivity contribution in [3.8, 4) is 11.5 Å². The zero-order valence-electron chi connectivity index (χ0n) is 11.2. The highest BCUT2D eigenvalue weighted by molar-refractivity contribution is 7.12. The highest BCUT2D eigenvalue weighted by Crippen LogP contribution is 2.32. The molecule has 2 N–H and O–H groups in total. The van der Waals surface area contributed by atoms with Crippen molar-refractivity contribution in [2.24, 2.45) is 5.10 Å². The van der Waals surface area contributed by atoms with Crippen molar-refractivity contribution >= 4 is 35.1 Å². The molecule has 0 aliphatic carbocycles. The van der Waals surface area contributed by atoms with Gasteiger partial charge in [0.15, 0.2) is 11.5 Å². The maximum atomic E-state index is 11.7. The third-order valence-electron chi connectivity index (χ3n) is 2.48. The average molecular weight is 325 g/mol. The first kappa shape index (κ1) is 15.3. The molecule has 0 saturated carbocycles. The van der Waals surface area contributed by atoms with Crippen LogP contribution in [0.25, 0.3) is 0 Å². The number of phenolic OH excluding ortho intramolecular Hbond substituents is 1. The lowest BCUT2D eigenvalue weighted by Gasteiger charge is -2.08. The Morgan fingerprint density at radius 1 is 1.57 bits per heavy atom. The maximum absolute atomic E-state index is 11.7. The number of hydrazone groups is 1. The molecule has 0 radical (unpaired) electrons. The van der Waals surface area contributed by atoms with Gasteiger partial charge < -0.3 is 9.84 Å². The first-order chi connectivity index (χ1) is 10.1. The number of nitrogens with one attached hydrogen (secondary N) is 1. The average Bonchev–Trinajstić information content (AvgIpc) is 2.98. The first-order valence-electron chi connectivity index (χ1n) is 6.14. The largest absolute Gasteiger partial charge is 0.504 e. The summed E-state index contributed by atoms with van der Waals surface area (Å²) in [5, 5.41) is 16.0. The molecule has 7 heteroatoms. The molecular weight excluding hydrogens is 312 g/mol. The van der Waals surface area contributed by atoms with Gasteiger partial charge in [0.05, 0.1) is 17.7 Å². The Labute approximate surface area is 130 Å². The van der Waals surface area contributed by atoms with Crippen LogP contribution in [0.4, 0.5) is 0 Å². The number of benzene rings is 1. The molecule has 110 valence electrons. The predicted molar refractivity (Wildman–Crippen MR) is 83.7 cm³/mol. The summed E-state index contributed by atoms with van der Waals surface area (Å²) in [6.07, 6.45) is 1.31. The molecule has 1 heterocycles. The first-order valence-corrected chi connectivity index (χ1v) is 7.39. The van der Waals surface area contributed by atoms with E-state index >= 15 is 0 Å². The Bertz CT molecular complexity index is 656. The van der Waals surface area contributed by atoms with Gasteiger partial charge in [-0.25, -0.2) is 5.43 Å². The van der Waals surface area contributed by atoms with E-state index in [9.17, 15) is 9.90 Å². The maximum Gasteiger partial charge on any atom is 0.281 e. The highest BCUT2D eigenvalue weighted by atomic mass is 35.5. The summed E-state index contributed by atoms with van der Waals surface area (Å²) in [4.78, 5) is 12.2. The van der Waals surface area contributed by atoms with Crippen LogP contribution < -0.4 is 10.2 Å². The molecule has 0 fully saturated rings. The van der Waals surface area contributed by atoms with Gasteiger partial charge >= 0.3 is 0 Å². The van der Waals surface area contributed by atoms with E-state index in [1.165, 1.54) is 29.7 Å². The van der Waals surface area contributed by atoms with Crippen LogP contribution in [0.5, 0.6) is 11.5 Å². The van der Waals surface area contributed by atoms with Crippen LogP contribution >= 0.6 is 22.9 Å². The number of ether oxygens (including phenoxy) is 1. The number of aromatic hydroxyl groups is 1. The van der Waals surface area contributed by atoms with Gasteiger partial charge in [-0.05, 0) is 24.4 Å². The molecule has 1 aromatic heterocycles. The number of hydrogen-bond acceptors (Lipinski definition) is 5. The van der Waals surface area contributed by atoms with Gasteiger partial charge in [-0.15, -0.1) is 11.3 Å². The second kappa shape index (κ2) is 7.10. The minimum Gasteiger partial charge on any atom is -0.504 e. The summed E-state index contributed by atoms with van der Waals surface area (Å²) in [5.41, 5.74) is 2.74. The summed E-state index contributed by atoms with van der Waals surface area (Å²) in [5.74, 6) is -0.112. The van der Waals surface area contributed by atoms with Crippen LogP contribution in [0.15, 0.2) is 34.7 Å². The lowest BCUT2D eigenvalue weighted by molar-refractivity contribution is 0.0959. The zero-order chi connectivity index (χ0) is 15.2. The van der Waals surface area contributed by atoms with E-state index in [4.69, 9.17) is 16.3 Å². The monoisotopic (exact) mass is 324 g/mol. The molecule has 5 nitrogen and oxygen atoms in total. The van der Waals surface area contributed by atoms with E-state index < -0.39 is 0 Å². The van der Waals surface area contributed by atoms with Gasteiger partial charge in [-0.2, -0.15) is 5.10 Å². The molecule has 1 amide bonds. The third kappa shape index (κ3) is 3.96. The molecule has 0 unspecified atom stereocenters. The fourth-order valence-electron chi connectivity index (χ4n) is 1.58. The lowest BCUT2D eigenvalue weighted by Crippen LogP contribution is -2.16. The topological polar surface area (TPSA) is 70.9 Å². The Morgan fingerprint density at radius 2 is 2.38 bits per heavy atom. The minimum atomic E-state index is -0.312. The van der Waals surface area contributed by atoms with E-state index in [1.54, 1.807) is 24.4 Å². The summed E-state index contributed by atoms with van der Waals surface area (Å²) in [6, 6.07) is 6.52. The van der Waals surface area contributed by atoms with Crippen molar-refractivity contribution in [2.75, 3.05) is 6.61 Å². The smallest absolute Gasteiger partial charge is 0.281 e. The molecule has 21 heavy (non-hydrogen) atoms. The molecule has 0 aliphatic rings. The summed E-state index contributed by atoms with van der Waals surface area (Å²) in [7, 11) is 0. The molecular formula is C14H13ClN2O3S. The normalized spacial score (nSPS) is 10.8. The Kier molecular flexibility index (Phi) is 5.19. The minimum absolute atomic E-state index is 0.0737. The van der Waals surface area contributed by atoms with Crippen LogP contribution in [0.1, 0.15) is 22.2 Å². The van der Waals surface area contributed by atoms with E-state index in [-0.39, 0.29) is 17.4 Å². The van der Waals surface area contributed by atoms with E-state index in [1.807, 2.05) is 0 Å². The van der Waals surface area contributed by atoms with Crippen molar-refractivity contribution < 1.29 is 14.6 Å². The summed E-state index contributed by atoms with van der Waals surface area (Å²) >= 11 is 7.26. The number of phenols is 1. The predicted octanol–water partition coefficient (Wildman–Crippen LogP) is 3.27. The molecule has 2 rings (SSSR count). The molecule has 0 bridgehead atoms. The fourth-order valence-corrected chi connectivity index (χ4v) is 2.41. The molecule has 0 atom stereocenters. The standard InChI is InChI=1S/C14H13ClN2O3S/c1-2-20-11-7-10(15)6-9(13(11)18)8-16-17-14(19)12-4-3-5-21-12/h3-8,18H,2H2,1H3,(H,17,19). The Balaban J connectivity index is 2.12. The number of halogens is 1. The van der Waals surface area contributed by atoms with Crippen LogP contribution in [0, 0.1) is 0 Å². The second-order valence-corrected chi connectivity index (χ2v) is 5.34. The van der Waals surface area contributed by atoms with E-state index in [0.29, 0.717) is 22.1 Å². The fraction of sp³-hybridized carbons (Fsp3) is 0.143. The summed E-state index contributed by atoms with van der Waals surface area (Å²) in [6.45, 7) is 2.20. The van der Waals surface area contributed by atoms with Crippen LogP contribution in [-0.4, -0.2) is 23.8 Å².